The van der Waals surface area contributed by atoms with Crippen LogP contribution < -0.4 is 15.4 Å². The number of ether oxygens (including phenoxy) is 1. The Labute approximate surface area is 89.3 Å². The Morgan fingerprint density at radius 1 is 1.53 bits per heavy atom. The topological polar surface area (TPSA) is 64.3 Å². The molecule has 2 rings (SSSR count). The Morgan fingerprint density at radius 2 is 2.27 bits per heavy atom. The largest absolute Gasteiger partial charge is 0.476 e. The van der Waals surface area contributed by atoms with E-state index in [1.807, 2.05) is 14.0 Å². The van der Waals surface area contributed by atoms with E-state index in [0.717, 1.165) is 5.82 Å². The van der Waals surface area contributed by atoms with E-state index in [-0.39, 0.29) is 0 Å². The fourth-order valence-electron chi connectivity index (χ4n) is 1.54. The highest BCUT2D eigenvalue weighted by atomic mass is 16.5. The zero-order valence-corrected chi connectivity index (χ0v) is 9.10. The van der Waals surface area contributed by atoms with Crippen LogP contribution in [-0.4, -0.2) is 29.7 Å². The van der Waals surface area contributed by atoms with Gasteiger partial charge in [0.25, 0.3) is 0 Å². The second-order valence-electron chi connectivity index (χ2n) is 3.69. The highest BCUT2D eigenvalue weighted by Gasteiger charge is 2.29. The molecule has 1 aliphatic rings. The van der Waals surface area contributed by atoms with E-state index in [1.165, 1.54) is 19.2 Å². The summed E-state index contributed by atoms with van der Waals surface area (Å²) in [6, 6.07) is 0.580. The summed E-state index contributed by atoms with van der Waals surface area (Å²) in [5.74, 6) is 1.26. The van der Waals surface area contributed by atoms with Gasteiger partial charge in [-0.15, -0.1) is 0 Å². The lowest BCUT2D eigenvalue weighted by Crippen LogP contribution is -2.22. The molecule has 1 aromatic heterocycles. The molecule has 82 valence electrons. The van der Waals surface area contributed by atoms with Crippen LogP contribution in [0.3, 0.4) is 0 Å². The van der Waals surface area contributed by atoms with Crippen LogP contribution >= 0.6 is 0 Å². The van der Waals surface area contributed by atoms with Crippen LogP contribution in [0.15, 0.2) is 6.33 Å². The SMILES string of the molecule is CCOc1ncnc(N(C)C2CC2)c1N. The maximum Gasteiger partial charge on any atom is 0.242 e. The Morgan fingerprint density at radius 3 is 2.87 bits per heavy atom. The summed E-state index contributed by atoms with van der Waals surface area (Å²) in [4.78, 5) is 10.3. The van der Waals surface area contributed by atoms with Gasteiger partial charge < -0.3 is 15.4 Å². The van der Waals surface area contributed by atoms with Crippen molar-refractivity contribution < 1.29 is 4.74 Å². The van der Waals surface area contributed by atoms with E-state index in [2.05, 4.69) is 14.9 Å². The van der Waals surface area contributed by atoms with Crippen LogP contribution in [0.5, 0.6) is 5.88 Å². The first kappa shape index (κ1) is 10.0. The van der Waals surface area contributed by atoms with Crippen molar-refractivity contribution in [3.8, 4) is 5.88 Å². The molecule has 0 amide bonds. The molecular weight excluding hydrogens is 192 g/mol. The summed E-state index contributed by atoms with van der Waals surface area (Å²) < 4.78 is 5.32. The third kappa shape index (κ3) is 1.95. The fourth-order valence-corrected chi connectivity index (χ4v) is 1.54. The van der Waals surface area contributed by atoms with Crippen LogP contribution in [0.2, 0.25) is 0 Å². The lowest BCUT2D eigenvalue weighted by atomic mass is 10.4. The minimum atomic E-state index is 0.481. The molecule has 0 spiro atoms. The van der Waals surface area contributed by atoms with E-state index in [1.54, 1.807) is 0 Å². The van der Waals surface area contributed by atoms with Crippen molar-refractivity contribution in [2.75, 3.05) is 24.3 Å². The molecule has 1 aliphatic carbocycles. The predicted octanol–water partition coefficient (Wildman–Crippen LogP) is 1.06. The zero-order valence-electron chi connectivity index (χ0n) is 9.10. The highest BCUT2D eigenvalue weighted by molar-refractivity contribution is 5.68. The standard InChI is InChI=1S/C10H16N4O/c1-3-15-10-8(11)9(12-6-13-10)14(2)7-4-5-7/h6-7H,3-5,11H2,1-2H3. The number of hydrogen-bond acceptors (Lipinski definition) is 5. The van der Waals surface area contributed by atoms with Crippen molar-refractivity contribution in [3.05, 3.63) is 6.33 Å². The van der Waals surface area contributed by atoms with Gasteiger partial charge in [-0.1, -0.05) is 0 Å². The number of aromatic nitrogens is 2. The summed E-state index contributed by atoms with van der Waals surface area (Å²) in [6.07, 6.45) is 3.92. The molecule has 1 heterocycles. The molecule has 15 heavy (non-hydrogen) atoms. The second kappa shape index (κ2) is 3.92. The average molecular weight is 208 g/mol. The number of rotatable bonds is 4. The molecule has 1 fully saturated rings. The van der Waals surface area contributed by atoms with Crippen molar-refractivity contribution in [2.24, 2.45) is 0 Å². The second-order valence-corrected chi connectivity index (χ2v) is 3.69. The summed E-state index contributed by atoms with van der Waals surface area (Å²) in [5, 5.41) is 0. The molecule has 1 aromatic rings. The lowest BCUT2D eigenvalue weighted by molar-refractivity contribution is 0.328. The van der Waals surface area contributed by atoms with Crippen LogP contribution in [0, 0.1) is 0 Å². The molecule has 0 unspecified atom stereocenters. The van der Waals surface area contributed by atoms with E-state index in [4.69, 9.17) is 10.5 Å². The van der Waals surface area contributed by atoms with Gasteiger partial charge in [-0.3, -0.25) is 0 Å². The first-order valence-electron chi connectivity index (χ1n) is 5.20. The minimum absolute atomic E-state index is 0.481. The first-order chi connectivity index (χ1) is 7.24. The van der Waals surface area contributed by atoms with Gasteiger partial charge >= 0.3 is 0 Å². The molecular formula is C10H16N4O. The Hall–Kier alpha value is -1.52. The molecule has 5 heteroatoms. The molecule has 1 saturated carbocycles. The molecule has 0 atom stereocenters. The minimum Gasteiger partial charge on any atom is -0.476 e. The van der Waals surface area contributed by atoms with Gasteiger partial charge in [-0.2, -0.15) is 4.98 Å². The first-order valence-corrected chi connectivity index (χ1v) is 5.20. The average Bonchev–Trinajstić information content (AvgIpc) is 3.04. The molecule has 0 aliphatic heterocycles. The highest BCUT2D eigenvalue weighted by Crippen LogP contribution is 2.34. The maximum atomic E-state index is 5.94. The monoisotopic (exact) mass is 208 g/mol. The number of nitrogen functional groups attached to an aromatic ring is 1. The number of nitrogens with two attached hydrogens (primary N) is 1. The maximum absolute atomic E-state index is 5.94. The van der Waals surface area contributed by atoms with Crippen LogP contribution in [0.4, 0.5) is 11.5 Å². The molecule has 5 nitrogen and oxygen atoms in total. The van der Waals surface area contributed by atoms with Gasteiger partial charge in [-0.05, 0) is 19.8 Å². The quantitative estimate of drug-likeness (QED) is 0.801. The smallest absolute Gasteiger partial charge is 0.242 e. The van der Waals surface area contributed by atoms with Gasteiger partial charge in [0.15, 0.2) is 5.82 Å². The lowest BCUT2D eigenvalue weighted by Gasteiger charge is -2.19. The molecule has 0 aromatic carbocycles. The van der Waals surface area contributed by atoms with Crippen molar-refractivity contribution in [1.29, 1.82) is 0 Å². The zero-order chi connectivity index (χ0) is 10.8. The third-order valence-electron chi connectivity index (χ3n) is 2.54. The van der Waals surface area contributed by atoms with Crippen molar-refractivity contribution >= 4 is 11.5 Å². The molecule has 0 bridgehead atoms. The van der Waals surface area contributed by atoms with E-state index < -0.39 is 0 Å². The van der Waals surface area contributed by atoms with E-state index >= 15 is 0 Å². The number of hydrogen-bond donors (Lipinski definition) is 1. The van der Waals surface area contributed by atoms with E-state index in [0.29, 0.717) is 24.2 Å². The van der Waals surface area contributed by atoms with Gasteiger partial charge in [0.1, 0.15) is 12.0 Å². The number of nitrogens with zero attached hydrogens (tertiary/aromatic N) is 3. The van der Waals surface area contributed by atoms with Crippen molar-refractivity contribution in [2.45, 2.75) is 25.8 Å². The Balaban J connectivity index is 2.26. The van der Waals surface area contributed by atoms with Crippen molar-refractivity contribution in [1.82, 2.24) is 9.97 Å². The van der Waals surface area contributed by atoms with Crippen LogP contribution in [-0.2, 0) is 0 Å². The normalized spacial score (nSPS) is 15.1. The predicted molar refractivity (Wildman–Crippen MR) is 59.0 cm³/mol. The summed E-state index contributed by atoms with van der Waals surface area (Å²) in [6.45, 7) is 2.47. The molecule has 0 radical (unpaired) electrons. The van der Waals surface area contributed by atoms with Gasteiger partial charge in [0.05, 0.1) is 6.61 Å². The van der Waals surface area contributed by atoms with Gasteiger partial charge in [0.2, 0.25) is 5.88 Å². The third-order valence-corrected chi connectivity index (χ3v) is 2.54. The molecule has 0 saturated heterocycles. The Bertz CT molecular complexity index is 351. The van der Waals surface area contributed by atoms with Crippen molar-refractivity contribution in [3.63, 3.8) is 0 Å². The van der Waals surface area contributed by atoms with E-state index in [9.17, 15) is 0 Å². The van der Waals surface area contributed by atoms with Gasteiger partial charge in [-0.25, -0.2) is 4.98 Å². The fraction of sp³-hybridized carbons (Fsp3) is 0.600. The van der Waals surface area contributed by atoms with Gasteiger partial charge in [0, 0.05) is 13.1 Å². The summed E-state index contributed by atoms with van der Waals surface area (Å²) in [5.41, 5.74) is 6.48. The Kier molecular flexibility index (Phi) is 2.62. The van der Waals surface area contributed by atoms with Crippen LogP contribution in [0.1, 0.15) is 19.8 Å². The summed E-state index contributed by atoms with van der Waals surface area (Å²) in [7, 11) is 2.01. The summed E-state index contributed by atoms with van der Waals surface area (Å²) >= 11 is 0. The van der Waals surface area contributed by atoms with Crippen LogP contribution in [0.25, 0.3) is 0 Å². The number of anilines is 2. The molecule has 2 N–H and O–H groups in total.